The molecule has 0 bridgehead atoms. The number of amides is 1. The van der Waals surface area contributed by atoms with Gasteiger partial charge in [0.15, 0.2) is 11.6 Å². The van der Waals surface area contributed by atoms with E-state index in [1.165, 1.54) is 12.3 Å². The number of ether oxygens (including phenoxy) is 1. The third-order valence-electron chi connectivity index (χ3n) is 3.31. The highest BCUT2D eigenvalue weighted by Gasteiger charge is 2.27. The van der Waals surface area contributed by atoms with Crippen LogP contribution in [0.5, 0.6) is 5.75 Å². The lowest BCUT2D eigenvalue weighted by atomic mass is 10.1. The van der Waals surface area contributed by atoms with Crippen LogP contribution < -0.4 is 10.1 Å². The van der Waals surface area contributed by atoms with Crippen molar-refractivity contribution in [2.45, 2.75) is 12.5 Å². The molecule has 0 spiro atoms. The first-order valence-electron chi connectivity index (χ1n) is 6.58. The number of pyridine rings is 1. The van der Waals surface area contributed by atoms with Crippen molar-refractivity contribution in [3.63, 3.8) is 0 Å². The fourth-order valence-corrected chi connectivity index (χ4v) is 2.53. The standard InChI is InChI=1S/C15H11ClF2N2O2/c16-14-11(2-1-3-19-14)15(21)20-7-10-5-8-4-9(17)6-12(18)13(8)22-10/h1-4,6,10H,5,7H2,(H,20,21)/t10-/m1/s1. The van der Waals surface area contributed by atoms with Crippen molar-refractivity contribution in [1.82, 2.24) is 10.3 Å². The van der Waals surface area contributed by atoms with Crippen LogP contribution in [-0.4, -0.2) is 23.5 Å². The molecule has 1 aliphatic rings. The molecule has 1 aromatic heterocycles. The van der Waals surface area contributed by atoms with Crippen LogP contribution in [0.3, 0.4) is 0 Å². The first-order valence-corrected chi connectivity index (χ1v) is 6.95. The van der Waals surface area contributed by atoms with Crippen LogP contribution in [0.15, 0.2) is 30.5 Å². The first-order chi connectivity index (χ1) is 10.5. The van der Waals surface area contributed by atoms with Gasteiger partial charge in [-0.05, 0) is 18.2 Å². The molecule has 0 unspecified atom stereocenters. The summed E-state index contributed by atoms with van der Waals surface area (Å²) in [6.45, 7) is 0.153. The van der Waals surface area contributed by atoms with Gasteiger partial charge in [0.2, 0.25) is 0 Å². The van der Waals surface area contributed by atoms with Gasteiger partial charge in [-0.1, -0.05) is 11.6 Å². The van der Waals surface area contributed by atoms with E-state index >= 15 is 0 Å². The van der Waals surface area contributed by atoms with E-state index in [2.05, 4.69) is 10.3 Å². The summed E-state index contributed by atoms with van der Waals surface area (Å²) >= 11 is 5.83. The molecule has 1 atom stereocenters. The van der Waals surface area contributed by atoms with Crippen LogP contribution in [0.4, 0.5) is 8.78 Å². The molecular weight excluding hydrogens is 314 g/mol. The van der Waals surface area contributed by atoms with Crippen LogP contribution in [0.2, 0.25) is 5.15 Å². The number of hydrogen-bond donors (Lipinski definition) is 1. The van der Waals surface area contributed by atoms with E-state index < -0.39 is 23.6 Å². The number of halogens is 3. The molecular formula is C15H11ClF2N2O2. The normalized spacial score (nSPS) is 16.0. The van der Waals surface area contributed by atoms with Crippen molar-refractivity contribution < 1.29 is 18.3 Å². The zero-order valence-corrected chi connectivity index (χ0v) is 12.0. The zero-order chi connectivity index (χ0) is 15.7. The zero-order valence-electron chi connectivity index (χ0n) is 11.3. The second-order valence-electron chi connectivity index (χ2n) is 4.87. The SMILES string of the molecule is O=C(NC[C@H]1Cc2cc(F)cc(F)c2O1)c1cccnc1Cl. The lowest BCUT2D eigenvalue weighted by molar-refractivity contribution is 0.0932. The Hall–Kier alpha value is -2.21. The number of nitrogens with one attached hydrogen (secondary N) is 1. The number of benzene rings is 1. The number of nitrogens with zero attached hydrogens (tertiary/aromatic N) is 1. The number of carbonyl (C=O) groups is 1. The predicted molar refractivity (Wildman–Crippen MR) is 76.1 cm³/mol. The van der Waals surface area contributed by atoms with Gasteiger partial charge in [-0.2, -0.15) is 0 Å². The van der Waals surface area contributed by atoms with E-state index in [1.54, 1.807) is 12.1 Å². The van der Waals surface area contributed by atoms with E-state index in [0.29, 0.717) is 12.0 Å². The Bertz CT molecular complexity index is 739. The van der Waals surface area contributed by atoms with Crippen molar-refractivity contribution >= 4 is 17.5 Å². The number of aromatic nitrogens is 1. The average Bonchev–Trinajstić information content (AvgIpc) is 2.88. The highest BCUT2D eigenvalue weighted by Crippen LogP contribution is 2.32. The smallest absolute Gasteiger partial charge is 0.254 e. The topological polar surface area (TPSA) is 51.2 Å². The molecule has 2 aromatic rings. The van der Waals surface area contributed by atoms with Crippen molar-refractivity contribution in [3.05, 3.63) is 58.4 Å². The van der Waals surface area contributed by atoms with Gasteiger partial charge in [-0.25, -0.2) is 13.8 Å². The highest BCUT2D eigenvalue weighted by atomic mass is 35.5. The lowest BCUT2D eigenvalue weighted by Gasteiger charge is -2.12. The molecule has 0 aliphatic carbocycles. The molecule has 1 amide bonds. The van der Waals surface area contributed by atoms with Gasteiger partial charge in [0, 0.05) is 24.2 Å². The van der Waals surface area contributed by atoms with Gasteiger partial charge in [0.05, 0.1) is 12.1 Å². The first kappa shape index (κ1) is 14.7. The summed E-state index contributed by atoms with van der Waals surface area (Å²) in [7, 11) is 0. The molecule has 0 saturated carbocycles. The third-order valence-corrected chi connectivity index (χ3v) is 3.61. The number of hydrogen-bond acceptors (Lipinski definition) is 3. The maximum Gasteiger partial charge on any atom is 0.254 e. The minimum atomic E-state index is -0.737. The number of carbonyl (C=O) groups excluding carboxylic acids is 1. The summed E-state index contributed by atoms with van der Waals surface area (Å²) in [6, 6.07) is 5.15. The summed E-state index contributed by atoms with van der Waals surface area (Å²) in [5.41, 5.74) is 0.702. The van der Waals surface area contributed by atoms with Crippen LogP contribution in [-0.2, 0) is 6.42 Å². The Morgan fingerprint density at radius 3 is 3.05 bits per heavy atom. The van der Waals surface area contributed by atoms with Gasteiger partial charge < -0.3 is 10.1 Å². The molecule has 0 fully saturated rings. The second kappa shape index (κ2) is 5.88. The molecule has 0 saturated heterocycles. The van der Waals surface area contributed by atoms with Crippen molar-refractivity contribution in [1.29, 1.82) is 0 Å². The van der Waals surface area contributed by atoms with E-state index in [-0.39, 0.29) is 23.0 Å². The fourth-order valence-electron chi connectivity index (χ4n) is 2.32. The minimum Gasteiger partial charge on any atom is -0.485 e. The maximum absolute atomic E-state index is 13.6. The van der Waals surface area contributed by atoms with Crippen molar-refractivity contribution in [2.24, 2.45) is 0 Å². The van der Waals surface area contributed by atoms with Crippen molar-refractivity contribution in [3.8, 4) is 5.75 Å². The monoisotopic (exact) mass is 324 g/mol. The molecule has 1 aromatic carbocycles. The third kappa shape index (κ3) is 2.87. The molecule has 7 heteroatoms. The van der Waals surface area contributed by atoms with Crippen LogP contribution in [0, 0.1) is 11.6 Å². The lowest BCUT2D eigenvalue weighted by Crippen LogP contribution is -2.34. The van der Waals surface area contributed by atoms with Crippen LogP contribution in [0.25, 0.3) is 0 Å². The number of fused-ring (bicyclic) bond motifs is 1. The van der Waals surface area contributed by atoms with E-state index in [4.69, 9.17) is 16.3 Å². The predicted octanol–water partition coefficient (Wildman–Crippen LogP) is 2.75. The number of rotatable bonds is 3. The van der Waals surface area contributed by atoms with Gasteiger partial charge in [0.25, 0.3) is 5.91 Å². The van der Waals surface area contributed by atoms with Crippen LogP contribution in [0.1, 0.15) is 15.9 Å². The highest BCUT2D eigenvalue weighted by molar-refractivity contribution is 6.32. The molecule has 1 aliphatic heterocycles. The van der Waals surface area contributed by atoms with Crippen molar-refractivity contribution in [2.75, 3.05) is 6.54 Å². The molecule has 2 heterocycles. The Kier molecular flexibility index (Phi) is 3.94. The summed E-state index contributed by atoms with van der Waals surface area (Å²) in [6.07, 6.45) is 1.35. The van der Waals surface area contributed by atoms with Gasteiger partial charge in [0.1, 0.15) is 17.1 Å². The van der Waals surface area contributed by atoms with Gasteiger partial charge >= 0.3 is 0 Å². The molecule has 3 rings (SSSR count). The molecule has 22 heavy (non-hydrogen) atoms. The van der Waals surface area contributed by atoms with Gasteiger partial charge in [-0.15, -0.1) is 0 Å². The Morgan fingerprint density at radius 1 is 1.45 bits per heavy atom. The Labute approximate surface area is 130 Å². The van der Waals surface area contributed by atoms with E-state index in [1.807, 2.05) is 0 Å². The Morgan fingerprint density at radius 2 is 2.27 bits per heavy atom. The molecule has 1 N–H and O–H groups in total. The average molecular weight is 325 g/mol. The molecule has 4 nitrogen and oxygen atoms in total. The molecule has 114 valence electrons. The van der Waals surface area contributed by atoms with Gasteiger partial charge in [-0.3, -0.25) is 4.79 Å². The quantitative estimate of drug-likeness (QED) is 0.883. The maximum atomic E-state index is 13.6. The minimum absolute atomic E-state index is 0.0417. The summed E-state index contributed by atoms with van der Waals surface area (Å²) in [4.78, 5) is 15.8. The fraction of sp³-hybridized carbons (Fsp3) is 0.200. The second-order valence-corrected chi connectivity index (χ2v) is 5.23. The molecule has 0 radical (unpaired) electrons. The summed E-state index contributed by atoms with van der Waals surface area (Å²) in [5.74, 6) is -1.74. The van der Waals surface area contributed by atoms with E-state index in [0.717, 1.165) is 6.07 Å². The van der Waals surface area contributed by atoms with E-state index in [9.17, 15) is 13.6 Å². The summed E-state index contributed by atoms with van der Waals surface area (Å²) < 4.78 is 32.1. The summed E-state index contributed by atoms with van der Waals surface area (Å²) in [5, 5.41) is 2.75. The largest absolute Gasteiger partial charge is 0.485 e. The Balaban J connectivity index is 1.64. The van der Waals surface area contributed by atoms with Crippen LogP contribution >= 0.6 is 11.6 Å².